The average Bonchev–Trinajstić information content (AvgIpc) is 3.24. The van der Waals surface area contributed by atoms with Crippen molar-refractivity contribution in [2.24, 2.45) is 0 Å². The summed E-state index contributed by atoms with van der Waals surface area (Å²) < 4.78 is 15.9. The van der Waals surface area contributed by atoms with Crippen molar-refractivity contribution >= 4 is 51.1 Å². The summed E-state index contributed by atoms with van der Waals surface area (Å²) in [4.78, 5) is 33.5. The molecule has 0 unspecified atom stereocenters. The maximum atomic E-state index is 14.6. The highest BCUT2D eigenvalue weighted by molar-refractivity contribution is 6.35. The number of hydrogen-bond donors (Lipinski definition) is 2. The van der Waals surface area contributed by atoms with Crippen LogP contribution in [0.4, 0.5) is 10.2 Å². The van der Waals surface area contributed by atoms with Gasteiger partial charge in [-0.2, -0.15) is 0 Å². The van der Waals surface area contributed by atoms with Crippen LogP contribution in [0.25, 0.3) is 27.8 Å². The predicted octanol–water partition coefficient (Wildman–Crippen LogP) is 4.67. The van der Waals surface area contributed by atoms with Crippen molar-refractivity contribution in [2.75, 3.05) is 5.32 Å². The summed E-state index contributed by atoms with van der Waals surface area (Å²) in [6, 6.07) is 8.47. The van der Waals surface area contributed by atoms with E-state index >= 15 is 0 Å². The number of imidazole rings is 1. The Hall–Kier alpha value is -3.56. The van der Waals surface area contributed by atoms with E-state index in [0.717, 1.165) is 0 Å². The number of aromatic amines is 1. The highest BCUT2D eigenvalue weighted by atomic mass is 35.5. The Labute approximate surface area is 190 Å². The molecule has 8 nitrogen and oxygen atoms in total. The number of fused-ring (bicyclic) bond motifs is 2. The maximum Gasteiger partial charge on any atom is 0.269 e. The van der Waals surface area contributed by atoms with Gasteiger partial charge < -0.3 is 10.3 Å². The third kappa shape index (κ3) is 3.35. The Balaban J connectivity index is 1.74. The lowest BCUT2D eigenvalue weighted by molar-refractivity contribution is 0.635. The Morgan fingerprint density at radius 3 is 2.81 bits per heavy atom. The van der Waals surface area contributed by atoms with Crippen LogP contribution in [0.15, 0.2) is 53.8 Å². The van der Waals surface area contributed by atoms with E-state index in [0.29, 0.717) is 33.5 Å². The number of halogens is 3. The summed E-state index contributed by atoms with van der Waals surface area (Å²) in [5, 5.41) is 3.73. The molecule has 5 aromatic rings. The Bertz CT molecular complexity index is 1550. The average molecular weight is 470 g/mol. The van der Waals surface area contributed by atoms with Crippen LogP contribution >= 0.6 is 23.2 Å². The first-order valence-electron chi connectivity index (χ1n) is 9.51. The lowest BCUT2D eigenvalue weighted by atomic mass is 10.2. The normalized spacial score (nSPS) is 12.4. The molecular weight excluding hydrogens is 456 g/mol. The summed E-state index contributed by atoms with van der Waals surface area (Å²) >= 11 is 12.4. The van der Waals surface area contributed by atoms with Crippen molar-refractivity contribution < 1.29 is 4.39 Å². The molecule has 160 valence electrons. The van der Waals surface area contributed by atoms with Crippen molar-refractivity contribution in [3.8, 4) is 5.69 Å². The summed E-state index contributed by atoms with van der Waals surface area (Å²) in [5.74, 6) is 0.118. The third-order valence-electron chi connectivity index (χ3n) is 4.99. The fourth-order valence-electron chi connectivity index (χ4n) is 3.54. The molecule has 0 aliphatic rings. The largest absolute Gasteiger partial charge is 0.358 e. The number of rotatable bonds is 4. The molecule has 5 rings (SSSR count). The number of H-pyrrole nitrogens is 1. The second-order valence-corrected chi connectivity index (χ2v) is 7.87. The van der Waals surface area contributed by atoms with Gasteiger partial charge in [0.25, 0.3) is 5.56 Å². The predicted molar refractivity (Wildman–Crippen MR) is 121 cm³/mol. The van der Waals surface area contributed by atoms with Gasteiger partial charge in [-0.15, -0.1) is 0 Å². The number of hydrogen-bond acceptors (Lipinski definition) is 6. The standard InChI is InChI=1S/C21H14Cl2FN7O/c1-10(29-19-17-18(26-8-25-17)27-9-28-19)20-30-14-4-2-3-13(24)16(14)21(32)31(20)15-6-5-11(22)7-12(15)23/h2-10H,1H3,(H2,25,26,27,28,29)/t10-/m0/s1. The molecule has 0 fully saturated rings. The second-order valence-electron chi connectivity index (χ2n) is 7.03. The Kier molecular flexibility index (Phi) is 4.99. The summed E-state index contributed by atoms with van der Waals surface area (Å²) in [7, 11) is 0. The van der Waals surface area contributed by atoms with Gasteiger partial charge in [0.15, 0.2) is 11.5 Å². The van der Waals surface area contributed by atoms with Gasteiger partial charge >= 0.3 is 0 Å². The van der Waals surface area contributed by atoms with Crippen molar-refractivity contribution in [3.05, 3.63) is 81.1 Å². The molecule has 0 spiro atoms. The number of benzene rings is 2. The Morgan fingerprint density at radius 2 is 2.00 bits per heavy atom. The number of anilines is 1. The number of aromatic nitrogens is 6. The molecule has 2 aromatic carbocycles. The molecule has 2 N–H and O–H groups in total. The minimum Gasteiger partial charge on any atom is -0.358 e. The van der Waals surface area contributed by atoms with Gasteiger partial charge in [0.2, 0.25) is 0 Å². The zero-order valence-corrected chi connectivity index (χ0v) is 18.0. The zero-order chi connectivity index (χ0) is 22.4. The SMILES string of the molecule is C[C@H](Nc1ncnc2nc[nH]c12)c1nc2cccc(F)c2c(=O)n1-c1ccc(Cl)cc1Cl. The minimum absolute atomic E-state index is 0.132. The fourth-order valence-corrected chi connectivity index (χ4v) is 4.03. The van der Waals surface area contributed by atoms with E-state index in [-0.39, 0.29) is 15.9 Å². The lowest BCUT2D eigenvalue weighted by Gasteiger charge is -2.21. The number of nitrogens with one attached hydrogen (secondary N) is 2. The second kappa shape index (κ2) is 7.85. The topological polar surface area (TPSA) is 101 Å². The molecule has 3 aromatic heterocycles. The molecule has 0 bridgehead atoms. The Morgan fingerprint density at radius 1 is 1.16 bits per heavy atom. The molecule has 0 saturated heterocycles. The van der Waals surface area contributed by atoms with Crippen molar-refractivity contribution in [2.45, 2.75) is 13.0 Å². The number of nitrogens with zero attached hydrogens (tertiary/aromatic N) is 5. The molecule has 11 heteroatoms. The van der Waals surface area contributed by atoms with Crippen LogP contribution < -0.4 is 10.9 Å². The highest BCUT2D eigenvalue weighted by Gasteiger charge is 2.22. The van der Waals surface area contributed by atoms with Crippen molar-refractivity contribution in [3.63, 3.8) is 0 Å². The highest BCUT2D eigenvalue weighted by Crippen LogP contribution is 2.28. The zero-order valence-electron chi connectivity index (χ0n) is 16.5. The van der Waals surface area contributed by atoms with Gasteiger partial charge in [0.05, 0.1) is 28.6 Å². The van der Waals surface area contributed by atoms with Crippen molar-refractivity contribution in [1.29, 1.82) is 0 Å². The molecule has 0 saturated carbocycles. The summed E-state index contributed by atoms with van der Waals surface area (Å²) in [6.07, 6.45) is 2.89. The minimum atomic E-state index is -0.666. The first-order chi connectivity index (χ1) is 15.4. The first-order valence-corrected chi connectivity index (χ1v) is 10.3. The molecule has 32 heavy (non-hydrogen) atoms. The smallest absolute Gasteiger partial charge is 0.269 e. The van der Waals surface area contributed by atoms with Crippen LogP contribution in [0.1, 0.15) is 18.8 Å². The summed E-state index contributed by atoms with van der Waals surface area (Å²) in [5.41, 5.74) is 1.06. The van der Waals surface area contributed by atoms with E-state index in [4.69, 9.17) is 23.2 Å². The van der Waals surface area contributed by atoms with Crippen LogP contribution in [0.2, 0.25) is 10.0 Å². The van der Waals surface area contributed by atoms with E-state index in [1.54, 1.807) is 25.1 Å². The molecular formula is C21H14Cl2FN7O. The van der Waals surface area contributed by atoms with Crippen LogP contribution in [-0.4, -0.2) is 29.5 Å². The van der Waals surface area contributed by atoms with Gasteiger partial charge in [-0.25, -0.2) is 24.3 Å². The van der Waals surface area contributed by atoms with E-state index in [2.05, 4.69) is 30.2 Å². The molecule has 0 amide bonds. The van der Waals surface area contributed by atoms with Crippen LogP contribution in [0.3, 0.4) is 0 Å². The van der Waals surface area contributed by atoms with Gasteiger partial charge in [0, 0.05) is 5.02 Å². The quantitative estimate of drug-likeness (QED) is 0.396. The lowest BCUT2D eigenvalue weighted by Crippen LogP contribution is -2.28. The monoisotopic (exact) mass is 469 g/mol. The van der Waals surface area contributed by atoms with Crippen LogP contribution in [0.5, 0.6) is 0 Å². The van der Waals surface area contributed by atoms with Crippen LogP contribution in [0, 0.1) is 5.82 Å². The molecule has 0 aliphatic carbocycles. The van der Waals surface area contributed by atoms with Crippen LogP contribution in [-0.2, 0) is 0 Å². The van der Waals surface area contributed by atoms with E-state index in [1.165, 1.54) is 35.4 Å². The van der Waals surface area contributed by atoms with Crippen molar-refractivity contribution in [1.82, 2.24) is 29.5 Å². The van der Waals surface area contributed by atoms with Gasteiger partial charge in [0.1, 0.15) is 28.9 Å². The van der Waals surface area contributed by atoms with Gasteiger partial charge in [-0.1, -0.05) is 29.3 Å². The van der Waals surface area contributed by atoms with Gasteiger partial charge in [-0.3, -0.25) is 9.36 Å². The molecule has 1 atom stereocenters. The first kappa shape index (κ1) is 20.3. The van der Waals surface area contributed by atoms with E-state index < -0.39 is 17.4 Å². The molecule has 0 aliphatic heterocycles. The third-order valence-corrected chi connectivity index (χ3v) is 5.52. The van der Waals surface area contributed by atoms with E-state index in [9.17, 15) is 9.18 Å². The van der Waals surface area contributed by atoms with Gasteiger partial charge in [-0.05, 0) is 37.3 Å². The fraction of sp³-hybridized carbons (Fsp3) is 0.0952. The molecule has 0 radical (unpaired) electrons. The maximum absolute atomic E-state index is 14.6. The van der Waals surface area contributed by atoms with E-state index in [1.807, 2.05) is 0 Å². The summed E-state index contributed by atoms with van der Waals surface area (Å²) in [6.45, 7) is 1.80. The molecule has 3 heterocycles.